The summed E-state index contributed by atoms with van der Waals surface area (Å²) in [6.07, 6.45) is 5.37. The summed E-state index contributed by atoms with van der Waals surface area (Å²) in [5.41, 5.74) is 3.76. The number of fused-ring (bicyclic) bond motifs is 1. The van der Waals surface area contributed by atoms with Gasteiger partial charge in [-0.2, -0.15) is 0 Å². The summed E-state index contributed by atoms with van der Waals surface area (Å²) in [5.74, 6) is 1.07. The van der Waals surface area contributed by atoms with E-state index in [9.17, 15) is 4.79 Å². The molecule has 0 radical (unpaired) electrons. The summed E-state index contributed by atoms with van der Waals surface area (Å²) in [5, 5.41) is 0. The fraction of sp³-hybridized carbons (Fsp3) is 0.353. The average molecular weight is 326 g/mol. The van der Waals surface area contributed by atoms with Crippen molar-refractivity contribution in [2.75, 3.05) is 6.54 Å². The highest BCUT2D eigenvalue weighted by Gasteiger charge is 2.30. The van der Waals surface area contributed by atoms with Crippen molar-refractivity contribution in [3.8, 4) is 0 Å². The highest BCUT2D eigenvalue weighted by atomic mass is 32.1. The molecule has 1 atom stereocenters. The Hall–Kier alpha value is -2.21. The number of carbonyl (C=O) groups is 1. The number of H-pyrrole nitrogens is 1. The molecule has 6 heteroatoms. The van der Waals surface area contributed by atoms with Crippen LogP contribution in [-0.4, -0.2) is 32.3 Å². The van der Waals surface area contributed by atoms with Gasteiger partial charge in [-0.15, -0.1) is 11.3 Å². The molecule has 1 aromatic carbocycles. The van der Waals surface area contributed by atoms with Gasteiger partial charge >= 0.3 is 0 Å². The number of hydrogen-bond donors (Lipinski definition) is 1. The summed E-state index contributed by atoms with van der Waals surface area (Å²) in [7, 11) is 0. The van der Waals surface area contributed by atoms with Crippen LogP contribution in [0, 0.1) is 0 Å². The molecule has 0 saturated carbocycles. The number of para-hydroxylation sites is 2. The minimum atomic E-state index is 0.0524. The van der Waals surface area contributed by atoms with Crippen molar-refractivity contribution in [3.63, 3.8) is 0 Å². The molecule has 1 fully saturated rings. The molecule has 2 aromatic heterocycles. The largest absolute Gasteiger partial charge is 0.340 e. The Kier molecular flexibility index (Phi) is 3.83. The molecular formula is C17H18N4OS. The van der Waals surface area contributed by atoms with E-state index in [-0.39, 0.29) is 11.9 Å². The average Bonchev–Trinajstić information content (AvgIpc) is 3.23. The van der Waals surface area contributed by atoms with Gasteiger partial charge in [0.2, 0.25) is 5.91 Å². The molecule has 23 heavy (non-hydrogen) atoms. The molecule has 1 N–H and O–H groups in total. The Morgan fingerprint density at radius 1 is 1.35 bits per heavy atom. The van der Waals surface area contributed by atoms with Crippen molar-refractivity contribution in [2.24, 2.45) is 0 Å². The Bertz CT molecular complexity index is 778. The predicted octanol–water partition coefficient (Wildman–Crippen LogP) is 3.32. The minimum absolute atomic E-state index is 0.0524. The first-order valence-electron chi connectivity index (χ1n) is 7.93. The first-order valence-corrected chi connectivity index (χ1v) is 8.81. The Morgan fingerprint density at radius 2 is 2.26 bits per heavy atom. The summed E-state index contributed by atoms with van der Waals surface area (Å²) in [6, 6.07) is 8.06. The minimum Gasteiger partial charge on any atom is -0.340 e. The van der Waals surface area contributed by atoms with E-state index in [4.69, 9.17) is 4.98 Å². The highest BCUT2D eigenvalue weighted by Crippen LogP contribution is 2.31. The first-order chi connectivity index (χ1) is 11.3. The lowest BCUT2D eigenvalue weighted by atomic mass is 10.0. The molecule has 5 nitrogen and oxygen atoms in total. The van der Waals surface area contributed by atoms with Crippen LogP contribution in [0.4, 0.5) is 0 Å². The number of aromatic nitrogens is 3. The molecule has 118 valence electrons. The molecule has 3 heterocycles. The second-order valence-electron chi connectivity index (χ2n) is 5.88. The van der Waals surface area contributed by atoms with E-state index < -0.39 is 0 Å². The molecule has 4 rings (SSSR count). The van der Waals surface area contributed by atoms with E-state index >= 15 is 0 Å². The SMILES string of the molecule is O=C(Cc1cncs1)N1CCCCC1c1nc2ccccc2[nH]1. The van der Waals surface area contributed by atoms with Crippen LogP contribution in [0.15, 0.2) is 36.0 Å². The normalized spacial score (nSPS) is 18.4. The maximum atomic E-state index is 12.7. The molecule has 1 unspecified atom stereocenters. The fourth-order valence-corrected chi connectivity index (χ4v) is 3.81. The zero-order valence-electron chi connectivity index (χ0n) is 12.7. The molecule has 0 bridgehead atoms. The smallest absolute Gasteiger partial charge is 0.228 e. The number of hydrogen-bond acceptors (Lipinski definition) is 4. The number of aromatic amines is 1. The zero-order valence-corrected chi connectivity index (χ0v) is 13.6. The Balaban J connectivity index is 1.60. The van der Waals surface area contributed by atoms with Crippen LogP contribution in [0.3, 0.4) is 0 Å². The molecule has 0 spiro atoms. The van der Waals surface area contributed by atoms with Crippen molar-refractivity contribution < 1.29 is 4.79 Å². The number of nitrogens with zero attached hydrogens (tertiary/aromatic N) is 3. The van der Waals surface area contributed by atoms with E-state index in [1.165, 1.54) is 11.3 Å². The zero-order chi connectivity index (χ0) is 15.6. The number of nitrogens with one attached hydrogen (secondary N) is 1. The number of piperidine rings is 1. The number of benzene rings is 1. The summed E-state index contributed by atoms with van der Waals surface area (Å²) >= 11 is 1.53. The van der Waals surface area contributed by atoms with E-state index in [1.807, 2.05) is 29.2 Å². The number of imidazole rings is 1. The lowest BCUT2D eigenvalue weighted by Crippen LogP contribution is -2.39. The van der Waals surface area contributed by atoms with Gasteiger partial charge in [0.15, 0.2) is 0 Å². The van der Waals surface area contributed by atoms with Crippen molar-refractivity contribution in [1.82, 2.24) is 19.9 Å². The quantitative estimate of drug-likeness (QED) is 0.803. The molecule has 1 amide bonds. The van der Waals surface area contributed by atoms with Gasteiger partial charge in [0.1, 0.15) is 5.82 Å². The van der Waals surface area contributed by atoms with E-state index in [2.05, 4.69) is 9.97 Å². The van der Waals surface area contributed by atoms with Crippen LogP contribution < -0.4 is 0 Å². The fourth-order valence-electron chi connectivity index (χ4n) is 3.22. The number of carbonyl (C=O) groups excluding carboxylic acids is 1. The van der Waals surface area contributed by atoms with Crippen LogP contribution in [0.5, 0.6) is 0 Å². The monoisotopic (exact) mass is 326 g/mol. The van der Waals surface area contributed by atoms with Crippen LogP contribution in [-0.2, 0) is 11.2 Å². The van der Waals surface area contributed by atoms with Gasteiger partial charge < -0.3 is 9.88 Å². The lowest BCUT2D eigenvalue weighted by molar-refractivity contribution is -0.134. The van der Waals surface area contributed by atoms with Gasteiger partial charge in [0.05, 0.1) is 29.0 Å². The molecule has 1 saturated heterocycles. The summed E-state index contributed by atoms with van der Waals surface area (Å²) in [4.78, 5) is 27.9. The van der Waals surface area contributed by atoms with Crippen LogP contribution in [0.1, 0.15) is 36.0 Å². The van der Waals surface area contributed by atoms with Crippen LogP contribution in [0.25, 0.3) is 11.0 Å². The maximum Gasteiger partial charge on any atom is 0.228 e. The van der Waals surface area contributed by atoms with Gasteiger partial charge in [0.25, 0.3) is 0 Å². The maximum absolute atomic E-state index is 12.7. The topological polar surface area (TPSA) is 61.9 Å². The Labute approximate surface area is 138 Å². The predicted molar refractivity (Wildman–Crippen MR) is 90.2 cm³/mol. The lowest BCUT2D eigenvalue weighted by Gasteiger charge is -2.34. The number of amides is 1. The molecule has 1 aliphatic rings. The van der Waals surface area contributed by atoms with Gasteiger partial charge in [0, 0.05) is 17.6 Å². The number of rotatable bonds is 3. The number of likely N-dealkylation sites (tertiary alicyclic amines) is 1. The van der Waals surface area contributed by atoms with Crippen molar-refractivity contribution in [3.05, 3.63) is 46.7 Å². The molecular weight excluding hydrogens is 308 g/mol. The van der Waals surface area contributed by atoms with Crippen LogP contribution in [0.2, 0.25) is 0 Å². The molecule has 3 aromatic rings. The van der Waals surface area contributed by atoms with E-state index in [1.54, 1.807) is 11.7 Å². The molecule has 1 aliphatic heterocycles. The summed E-state index contributed by atoms with van der Waals surface area (Å²) < 4.78 is 0. The number of thiazole rings is 1. The second-order valence-corrected chi connectivity index (χ2v) is 6.85. The van der Waals surface area contributed by atoms with Crippen molar-refractivity contribution in [2.45, 2.75) is 31.7 Å². The van der Waals surface area contributed by atoms with Gasteiger partial charge in [-0.3, -0.25) is 9.78 Å². The second kappa shape index (κ2) is 6.12. The third-order valence-electron chi connectivity index (χ3n) is 4.36. The van der Waals surface area contributed by atoms with Gasteiger partial charge in [-0.1, -0.05) is 12.1 Å². The third-order valence-corrected chi connectivity index (χ3v) is 5.14. The first kappa shape index (κ1) is 14.4. The van der Waals surface area contributed by atoms with Crippen LogP contribution >= 0.6 is 11.3 Å². The van der Waals surface area contributed by atoms with Crippen molar-refractivity contribution in [1.29, 1.82) is 0 Å². The summed E-state index contributed by atoms with van der Waals surface area (Å²) in [6.45, 7) is 0.805. The highest BCUT2D eigenvalue weighted by molar-refractivity contribution is 7.09. The third kappa shape index (κ3) is 2.86. The standard InChI is InChI=1S/C17H18N4OS/c22-16(9-12-10-18-11-23-12)21-8-4-3-7-15(21)17-19-13-5-1-2-6-14(13)20-17/h1-2,5-6,10-11,15H,3-4,7-9H2,(H,19,20). The van der Waals surface area contributed by atoms with E-state index in [0.717, 1.165) is 47.5 Å². The molecule has 0 aliphatic carbocycles. The Morgan fingerprint density at radius 3 is 3.09 bits per heavy atom. The van der Waals surface area contributed by atoms with E-state index in [0.29, 0.717) is 6.42 Å². The van der Waals surface area contributed by atoms with Gasteiger partial charge in [-0.05, 0) is 31.4 Å². The van der Waals surface area contributed by atoms with Gasteiger partial charge in [-0.25, -0.2) is 4.98 Å². The van der Waals surface area contributed by atoms with Crippen molar-refractivity contribution >= 4 is 28.3 Å².